The maximum absolute atomic E-state index is 12.1. The number of aromatic nitrogens is 2. The summed E-state index contributed by atoms with van der Waals surface area (Å²) in [6, 6.07) is 18.1. The molecular weight excluding hydrogens is 376 g/mol. The lowest BCUT2D eigenvalue weighted by molar-refractivity contribution is -0.121. The Morgan fingerprint density at radius 2 is 1.67 bits per heavy atom. The van der Waals surface area contributed by atoms with E-state index in [4.69, 9.17) is 4.42 Å². The Morgan fingerprint density at radius 1 is 0.967 bits per heavy atom. The van der Waals surface area contributed by atoms with Crippen LogP contribution in [0.1, 0.15) is 43.7 Å². The third-order valence-corrected chi connectivity index (χ3v) is 5.10. The first-order chi connectivity index (χ1) is 14.7. The summed E-state index contributed by atoms with van der Waals surface area (Å²) in [5.74, 6) is 1.11. The number of rotatable bonds is 11. The third-order valence-electron chi connectivity index (χ3n) is 5.10. The highest BCUT2D eigenvalue weighted by Gasteiger charge is 2.09. The second kappa shape index (κ2) is 11.3. The summed E-state index contributed by atoms with van der Waals surface area (Å²) in [4.78, 5) is 14.5. The molecule has 0 unspecified atom stereocenters. The molecule has 1 amide bonds. The molecule has 0 radical (unpaired) electrons. The number of carbonyl (C=O) groups is 1. The van der Waals surface area contributed by atoms with Gasteiger partial charge in [-0.05, 0) is 42.8 Å². The molecule has 2 aromatic carbocycles. The van der Waals surface area contributed by atoms with Gasteiger partial charge >= 0.3 is 0 Å². The lowest BCUT2D eigenvalue weighted by Crippen LogP contribution is -2.23. The minimum Gasteiger partial charge on any atom is -0.421 e. The van der Waals surface area contributed by atoms with Crippen LogP contribution in [-0.4, -0.2) is 34.1 Å². The zero-order chi connectivity index (χ0) is 21.2. The normalized spacial score (nSPS) is 11.0. The number of carbonyl (C=O) groups excluding carboxylic acids is 1. The van der Waals surface area contributed by atoms with E-state index in [1.807, 2.05) is 30.3 Å². The molecule has 0 spiro atoms. The molecule has 6 nitrogen and oxygen atoms in total. The molecule has 30 heavy (non-hydrogen) atoms. The van der Waals surface area contributed by atoms with E-state index in [0.717, 1.165) is 30.8 Å². The predicted molar refractivity (Wildman–Crippen MR) is 118 cm³/mol. The van der Waals surface area contributed by atoms with Crippen LogP contribution in [-0.2, 0) is 24.3 Å². The molecule has 1 aromatic heterocycles. The Bertz CT molecular complexity index is 902. The maximum Gasteiger partial charge on any atom is 0.247 e. The fraction of sp³-hybridized carbons (Fsp3) is 0.375. The van der Waals surface area contributed by atoms with Gasteiger partial charge in [0.1, 0.15) is 0 Å². The summed E-state index contributed by atoms with van der Waals surface area (Å²) in [7, 11) is 0. The van der Waals surface area contributed by atoms with Crippen LogP contribution in [0.15, 0.2) is 59.0 Å². The van der Waals surface area contributed by atoms with Gasteiger partial charge in [-0.15, -0.1) is 10.2 Å². The number of aryl methyl sites for hydroxylation is 1. The standard InChI is InChI=1S/C24H30N4O2/c1-3-28(4-2)18-20-15-13-19(14-16-20)17-25-22(29)11-8-12-23-26-27-24(30-23)21-9-6-5-7-10-21/h5-7,9-10,13-16H,3-4,8,11-12,17-18H2,1-2H3,(H,25,29). The first-order valence-electron chi connectivity index (χ1n) is 10.6. The fourth-order valence-electron chi connectivity index (χ4n) is 3.21. The highest BCUT2D eigenvalue weighted by atomic mass is 16.4. The van der Waals surface area contributed by atoms with Crippen LogP contribution in [0.25, 0.3) is 11.5 Å². The van der Waals surface area contributed by atoms with Crippen LogP contribution in [0.5, 0.6) is 0 Å². The zero-order valence-electron chi connectivity index (χ0n) is 17.8. The number of benzene rings is 2. The lowest BCUT2D eigenvalue weighted by Gasteiger charge is -2.18. The molecule has 1 heterocycles. The minimum atomic E-state index is 0.0324. The van der Waals surface area contributed by atoms with Gasteiger partial charge in [0.15, 0.2) is 0 Å². The van der Waals surface area contributed by atoms with Crippen LogP contribution in [0.3, 0.4) is 0 Å². The number of amides is 1. The van der Waals surface area contributed by atoms with Crippen molar-refractivity contribution in [1.82, 2.24) is 20.4 Å². The largest absolute Gasteiger partial charge is 0.421 e. The molecule has 0 aliphatic heterocycles. The van der Waals surface area contributed by atoms with Gasteiger partial charge in [-0.25, -0.2) is 0 Å². The van der Waals surface area contributed by atoms with Crippen LogP contribution in [0, 0.1) is 0 Å². The van der Waals surface area contributed by atoms with Crippen molar-refractivity contribution >= 4 is 5.91 Å². The lowest BCUT2D eigenvalue weighted by atomic mass is 10.1. The van der Waals surface area contributed by atoms with Gasteiger partial charge in [-0.3, -0.25) is 9.69 Å². The topological polar surface area (TPSA) is 71.3 Å². The van der Waals surface area contributed by atoms with E-state index in [0.29, 0.717) is 37.6 Å². The van der Waals surface area contributed by atoms with E-state index in [1.165, 1.54) is 5.56 Å². The van der Waals surface area contributed by atoms with E-state index in [9.17, 15) is 4.79 Å². The van der Waals surface area contributed by atoms with Gasteiger partial charge < -0.3 is 9.73 Å². The predicted octanol–water partition coefficient (Wildman–Crippen LogP) is 4.22. The van der Waals surface area contributed by atoms with Crippen molar-refractivity contribution in [3.8, 4) is 11.5 Å². The SMILES string of the molecule is CCN(CC)Cc1ccc(CNC(=O)CCCc2nnc(-c3ccccc3)o2)cc1. The minimum absolute atomic E-state index is 0.0324. The average Bonchev–Trinajstić information content (AvgIpc) is 3.26. The summed E-state index contributed by atoms with van der Waals surface area (Å²) in [6.45, 7) is 7.95. The highest BCUT2D eigenvalue weighted by molar-refractivity contribution is 5.75. The fourth-order valence-corrected chi connectivity index (χ4v) is 3.21. The van der Waals surface area contributed by atoms with Crippen molar-refractivity contribution in [1.29, 1.82) is 0 Å². The van der Waals surface area contributed by atoms with Gasteiger partial charge in [-0.1, -0.05) is 56.3 Å². The Balaban J connectivity index is 1.38. The molecule has 0 aliphatic carbocycles. The molecule has 0 saturated carbocycles. The molecule has 0 atom stereocenters. The molecule has 0 saturated heterocycles. The van der Waals surface area contributed by atoms with Crippen molar-refractivity contribution in [2.75, 3.05) is 13.1 Å². The summed E-state index contributed by atoms with van der Waals surface area (Å²) < 4.78 is 5.68. The van der Waals surface area contributed by atoms with Gasteiger partial charge in [0.05, 0.1) is 0 Å². The van der Waals surface area contributed by atoms with E-state index < -0.39 is 0 Å². The number of hydrogen-bond donors (Lipinski definition) is 1. The first kappa shape index (κ1) is 21.7. The summed E-state index contributed by atoms with van der Waals surface area (Å²) in [6.07, 6.45) is 1.70. The Hall–Kier alpha value is -2.99. The van der Waals surface area contributed by atoms with Crippen molar-refractivity contribution < 1.29 is 9.21 Å². The van der Waals surface area contributed by atoms with Gasteiger partial charge in [0, 0.05) is 31.5 Å². The molecule has 158 valence electrons. The van der Waals surface area contributed by atoms with Crippen molar-refractivity contribution in [2.45, 2.75) is 46.2 Å². The Kier molecular flexibility index (Phi) is 8.15. The summed E-state index contributed by atoms with van der Waals surface area (Å²) >= 11 is 0. The molecule has 3 rings (SSSR count). The van der Waals surface area contributed by atoms with Crippen LogP contribution < -0.4 is 5.32 Å². The van der Waals surface area contributed by atoms with E-state index in [2.05, 4.69) is 58.5 Å². The molecule has 1 N–H and O–H groups in total. The molecule has 0 fully saturated rings. The molecular formula is C24H30N4O2. The zero-order valence-corrected chi connectivity index (χ0v) is 17.8. The van der Waals surface area contributed by atoms with E-state index in [-0.39, 0.29) is 5.91 Å². The van der Waals surface area contributed by atoms with Crippen LogP contribution in [0.4, 0.5) is 0 Å². The molecule has 0 aliphatic rings. The van der Waals surface area contributed by atoms with Crippen LogP contribution in [0.2, 0.25) is 0 Å². The van der Waals surface area contributed by atoms with Crippen molar-refractivity contribution in [3.63, 3.8) is 0 Å². The summed E-state index contributed by atoms with van der Waals surface area (Å²) in [5.41, 5.74) is 3.30. The highest BCUT2D eigenvalue weighted by Crippen LogP contribution is 2.17. The smallest absolute Gasteiger partial charge is 0.247 e. The van der Waals surface area contributed by atoms with Crippen molar-refractivity contribution in [2.24, 2.45) is 0 Å². The second-order valence-electron chi connectivity index (χ2n) is 7.28. The molecule has 0 bridgehead atoms. The number of hydrogen-bond acceptors (Lipinski definition) is 5. The Labute approximate surface area is 178 Å². The number of nitrogens with zero attached hydrogens (tertiary/aromatic N) is 3. The maximum atomic E-state index is 12.1. The van der Waals surface area contributed by atoms with Gasteiger partial charge in [-0.2, -0.15) is 0 Å². The average molecular weight is 407 g/mol. The third kappa shape index (κ3) is 6.52. The monoisotopic (exact) mass is 406 g/mol. The summed E-state index contributed by atoms with van der Waals surface area (Å²) in [5, 5.41) is 11.1. The number of nitrogens with one attached hydrogen (secondary N) is 1. The van der Waals surface area contributed by atoms with Crippen molar-refractivity contribution in [3.05, 3.63) is 71.6 Å². The molecule has 6 heteroatoms. The second-order valence-corrected chi connectivity index (χ2v) is 7.28. The quantitative estimate of drug-likeness (QED) is 0.516. The van der Waals surface area contributed by atoms with Gasteiger partial charge in [0.2, 0.25) is 17.7 Å². The van der Waals surface area contributed by atoms with E-state index >= 15 is 0 Å². The van der Waals surface area contributed by atoms with E-state index in [1.54, 1.807) is 0 Å². The molecule has 3 aromatic rings. The van der Waals surface area contributed by atoms with Crippen LogP contribution >= 0.6 is 0 Å². The Morgan fingerprint density at radius 3 is 2.37 bits per heavy atom. The van der Waals surface area contributed by atoms with Gasteiger partial charge in [0.25, 0.3) is 0 Å². The first-order valence-corrected chi connectivity index (χ1v) is 10.6.